The minimum absolute atomic E-state index is 0.00846. The number of carbonyl (C=O) groups excluding carboxylic acids is 2. The Morgan fingerprint density at radius 3 is 2.64 bits per heavy atom. The lowest BCUT2D eigenvalue weighted by Crippen LogP contribution is -2.50. The lowest BCUT2D eigenvalue weighted by Gasteiger charge is -2.34. The maximum absolute atomic E-state index is 12.2. The quantitative estimate of drug-likeness (QED) is 0.836. The number of nitrogens with one attached hydrogen (secondary N) is 1. The van der Waals surface area contributed by atoms with Crippen molar-refractivity contribution in [1.82, 2.24) is 10.2 Å². The fourth-order valence-corrected chi connectivity index (χ4v) is 3.21. The third-order valence-electron chi connectivity index (χ3n) is 4.04. The molecule has 6 heteroatoms. The van der Waals surface area contributed by atoms with Gasteiger partial charge in [0.2, 0.25) is 11.8 Å². The molecule has 0 saturated carbocycles. The van der Waals surface area contributed by atoms with Crippen LogP contribution < -0.4 is 5.32 Å². The molecule has 0 unspecified atom stereocenters. The van der Waals surface area contributed by atoms with E-state index >= 15 is 0 Å². The van der Waals surface area contributed by atoms with Crippen LogP contribution in [0.3, 0.4) is 0 Å². The van der Waals surface area contributed by atoms with Gasteiger partial charge < -0.3 is 10.2 Å². The summed E-state index contributed by atoms with van der Waals surface area (Å²) in [5.41, 5.74) is -0.548. The molecule has 0 aromatic carbocycles. The Morgan fingerprint density at radius 1 is 1.41 bits per heavy atom. The van der Waals surface area contributed by atoms with Crippen LogP contribution in [0.1, 0.15) is 31.6 Å². The van der Waals surface area contributed by atoms with Crippen LogP contribution in [0.5, 0.6) is 0 Å². The van der Waals surface area contributed by atoms with Gasteiger partial charge in [0.1, 0.15) is 0 Å². The summed E-state index contributed by atoms with van der Waals surface area (Å²) in [4.78, 5) is 27.3. The van der Waals surface area contributed by atoms with E-state index < -0.39 is 5.41 Å². The van der Waals surface area contributed by atoms with Crippen molar-refractivity contribution in [3.05, 3.63) is 22.4 Å². The minimum Gasteiger partial charge on any atom is -0.353 e. The van der Waals surface area contributed by atoms with Crippen molar-refractivity contribution >= 4 is 34.8 Å². The summed E-state index contributed by atoms with van der Waals surface area (Å²) >= 11 is 7.44. The number of carbonyl (C=O) groups is 2. The highest BCUT2D eigenvalue weighted by molar-refractivity contribution is 7.10. The van der Waals surface area contributed by atoms with Crippen molar-refractivity contribution in [2.75, 3.05) is 19.0 Å². The van der Waals surface area contributed by atoms with E-state index in [1.807, 2.05) is 36.3 Å². The second kappa shape index (κ2) is 7.47. The molecule has 1 aliphatic rings. The zero-order valence-electron chi connectivity index (χ0n) is 13.1. The van der Waals surface area contributed by atoms with Gasteiger partial charge in [-0.25, -0.2) is 0 Å². The molecular formula is C16H23ClN2O2S. The van der Waals surface area contributed by atoms with E-state index in [-0.39, 0.29) is 17.9 Å². The predicted octanol–water partition coefficient (Wildman–Crippen LogP) is 2.66. The molecule has 0 radical (unpaired) electrons. The zero-order chi connectivity index (χ0) is 16.2. The Morgan fingerprint density at radius 2 is 2.09 bits per heavy atom. The predicted molar refractivity (Wildman–Crippen MR) is 90.3 cm³/mol. The smallest absolute Gasteiger partial charge is 0.227 e. The third-order valence-corrected chi connectivity index (χ3v) is 5.58. The lowest BCUT2D eigenvalue weighted by atomic mass is 9.93. The van der Waals surface area contributed by atoms with Gasteiger partial charge in [-0.2, -0.15) is 0 Å². The van der Waals surface area contributed by atoms with E-state index in [9.17, 15) is 9.59 Å². The van der Waals surface area contributed by atoms with Gasteiger partial charge in [0, 0.05) is 29.9 Å². The standard InChI is InChI=1S/C16H23ClN2O2S/c1-16(2,11-17)15(21)18-12-5-7-19(8-6-12)14(20)10-13-4-3-9-22-13/h3-4,9,12H,5-8,10-11H2,1-2H3,(H,18,21). The van der Waals surface area contributed by atoms with Crippen LogP contribution in [-0.4, -0.2) is 41.7 Å². The molecule has 22 heavy (non-hydrogen) atoms. The highest BCUT2D eigenvalue weighted by Crippen LogP contribution is 2.19. The molecule has 1 fully saturated rings. The second-order valence-electron chi connectivity index (χ2n) is 6.40. The van der Waals surface area contributed by atoms with Crippen LogP contribution in [0.25, 0.3) is 0 Å². The first-order chi connectivity index (χ1) is 10.4. The van der Waals surface area contributed by atoms with Crippen LogP contribution in [-0.2, 0) is 16.0 Å². The van der Waals surface area contributed by atoms with Gasteiger partial charge in [0.05, 0.1) is 11.8 Å². The van der Waals surface area contributed by atoms with E-state index in [1.54, 1.807) is 11.3 Å². The molecule has 122 valence electrons. The van der Waals surface area contributed by atoms with Crippen LogP contribution in [0, 0.1) is 5.41 Å². The Labute approximate surface area is 140 Å². The van der Waals surface area contributed by atoms with Gasteiger partial charge in [-0.3, -0.25) is 9.59 Å². The fraction of sp³-hybridized carbons (Fsp3) is 0.625. The second-order valence-corrected chi connectivity index (χ2v) is 7.70. The van der Waals surface area contributed by atoms with E-state index in [0.29, 0.717) is 25.4 Å². The van der Waals surface area contributed by atoms with Crippen LogP contribution in [0.15, 0.2) is 17.5 Å². The first-order valence-electron chi connectivity index (χ1n) is 7.59. The number of nitrogens with zero attached hydrogens (tertiary/aromatic N) is 1. The molecule has 2 rings (SSSR count). The fourth-order valence-electron chi connectivity index (χ4n) is 2.39. The summed E-state index contributed by atoms with van der Waals surface area (Å²) in [7, 11) is 0. The topological polar surface area (TPSA) is 49.4 Å². The van der Waals surface area contributed by atoms with Crippen molar-refractivity contribution in [1.29, 1.82) is 0 Å². The van der Waals surface area contributed by atoms with Crippen LogP contribution in [0.2, 0.25) is 0 Å². The number of piperidine rings is 1. The molecule has 4 nitrogen and oxygen atoms in total. The van der Waals surface area contributed by atoms with E-state index in [2.05, 4.69) is 5.32 Å². The molecule has 1 aromatic heterocycles. The molecule has 1 N–H and O–H groups in total. The van der Waals surface area contributed by atoms with Gasteiger partial charge in [0.15, 0.2) is 0 Å². The van der Waals surface area contributed by atoms with E-state index in [4.69, 9.17) is 11.6 Å². The first kappa shape index (κ1) is 17.3. The molecule has 0 spiro atoms. The lowest BCUT2D eigenvalue weighted by molar-refractivity contribution is -0.132. The normalized spacial score (nSPS) is 16.6. The third kappa shape index (κ3) is 4.46. The van der Waals surface area contributed by atoms with Crippen molar-refractivity contribution < 1.29 is 9.59 Å². The summed E-state index contributed by atoms with van der Waals surface area (Å²) in [6, 6.07) is 4.10. The molecule has 2 heterocycles. The summed E-state index contributed by atoms with van der Waals surface area (Å²) in [6.45, 7) is 5.09. The maximum Gasteiger partial charge on any atom is 0.227 e. The van der Waals surface area contributed by atoms with Crippen molar-refractivity contribution in [2.45, 2.75) is 39.2 Å². The van der Waals surface area contributed by atoms with Gasteiger partial charge in [-0.1, -0.05) is 6.07 Å². The van der Waals surface area contributed by atoms with Gasteiger partial charge in [0.25, 0.3) is 0 Å². The summed E-state index contributed by atoms with van der Waals surface area (Å²) < 4.78 is 0. The number of hydrogen-bond acceptors (Lipinski definition) is 3. The number of amides is 2. The Balaban J connectivity index is 1.78. The number of likely N-dealkylation sites (tertiary alicyclic amines) is 1. The van der Waals surface area contributed by atoms with Crippen molar-refractivity contribution in [2.24, 2.45) is 5.41 Å². The summed E-state index contributed by atoms with van der Waals surface area (Å²) in [5, 5.41) is 5.04. The first-order valence-corrected chi connectivity index (χ1v) is 9.01. The number of halogens is 1. The van der Waals surface area contributed by atoms with Gasteiger partial charge in [-0.15, -0.1) is 22.9 Å². The average molecular weight is 343 g/mol. The minimum atomic E-state index is -0.548. The SMILES string of the molecule is CC(C)(CCl)C(=O)NC1CCN(C(=O)Cc2cccs2)CC1. The number of thiophene rings is 1. The van der Waals surface area contributed by atoms with Crippen molar-refractivity contribution in [3.63, 3.8) is 0 Å². The highest BCUT2D eigenvalue weighted by Gasteiger charge is 2.30. The largest absolute Gasteiger partial charge is 0.353 e. The van der Waals surface area contributed by atoms with Crippen LogP contribution >= 0.6 is 22.9 Å². The number of rotatable bonds is 5. The van der Waals surface area contributed by atoms with E-state index in [0.717, 1.165) is 17.7 Å². The molecule has 1 aliphatic heterocycles. The molecule has 1 saturated heterocycles. The molecule has 0 aliphatic carbocycles. The van der Waals surface area contributed by atoms with Gasteiger partial charge >= 0.3 is 0 Å². The van der Waals surface area contributed by atoms with Gasteiger partial charge in [-0.05, 0) is 38.1 Å². The van der Waals surface area contributed by atoms with Crippen LogP contribution in [0.4, 0.5) is 0 Å². The highest BCUT2D eigenvalue weighted by atomic mass is 35.5. The molecular weight excluding hydrogens is 320 g/mol. The Hall–Kier alpha value is -1.07. The molecule has 1 aromatic rings. The zero-order valence-corrected chi connectivity index (χ0v) is 14.7. The Bertz CT molecular complexity index is 508. The number of hydrogen-bond donors (Lipinski definition) is 1. The number of alkyl halides is 1. The molecule has 0 bridgehead atoms. The van der Waals surface area contributed by atoms with E-state index in [1.165, 1.54) is 0 Å². The summed E-state index contributed by atoms with van der Waals surface area (Å²) in [5.74, 6) is 0.468. The summed E-state index contributed by atoms with van der Waals surface area (Å²) in [6.07, 6.45) is 2.09. The molecule has 2 amide bonds. The Kier molecular flexibility index (Phi) is 5.87. The maximum atomic E-state index is 12.2. The monoisotopic (exact) mass is 342 g/mol. The molecule has 0 atom stereocenters. The van der Waals surface area contributed by atoms with Crippen molar-refractivity contribution in [3.8, 4) is 0 Å². The average Bonchev–Trinajstić information content (AvgIpc) is 3.00.